The summed E-state index contributed by atoms with van der Waals surface area (Å²) in [4.78, 5) is 27.2. The quantitative estimate of drug-likeness (QED) is 0.759. The van der Waals surface area contributed by atoms with Gasteiger partial charge in [-0.15, -0.1) is 0 Å². The second kappa shape index (κ2) is 6.87. The van der Waals surface area contributed by atoms with Crippen molar-refractivity contribution in [3.05, 3.63) is 28.7 Å². The standard InChI is InChI=1S/C20H28BrN3O2/c1-13(22-18(26)23-15-7-5-6-14(21)8-15)17(25)24-12-20(4)10-16(24)9-19(2,3)11-20/h5-8,13,16H,9-12H2,1-4H3,(H2,22,23,26). The average Bonchev–Trinajstić information content (AvgIpc) is 2.75. The van der Waals surface area contributed by atoms with Crippen molar-refractivity contribution in [3.63, 3.8) is 0 Å². The Kier molecular flexibility index (Phi) is 5.08. The smallest absolute Gasteiger partial charge is 0.319 e. The first kappa shape index (κ1) is 19.2. The fourth-order valence-electron chi connectivity index (χ4n) is 4.96. The van der Waals surface area contributed by atoms with Crippen LogP contribution in [0.2, 0.25) is 0 Å². The van der Waals surface area contributed by atoms with Gasteiger partial charge in [0.15, 0.2) is 0 Å². The number of amides is 3. The third-order valence-corrected chi connectivity index (χ3v) is 5.99. The summed E-state index contributed by atoms with van der Waals surface area (Å²) in [7, 11) is 0. The molecular weight excluding hydrogens is 394 g/mol. The molecule has 0 aromatic heterocycles. The SMILES string of the molecule is CC(NC(=O)Nc1cccc(Br)c1)C(=O)N1CC2(C)CC1CC(C)(C)C2. The Morgan fingerprint density at radius 1 is 1.27 bits per heavy atom. The number of nitrogens with zero attached hydrogens (tertiary/aromatic N) is 1. The molecule has 142 valence electrons. The molecule has 5 nitrogen and oxygen atoms in total. The first-order chi connectivity index (χ1) is 12.1. The molecule has 1 saturated heterocycles. The van der Waals surface area contributed by atoms with Crippen molar-refractivity contribution >= 4 is 33.6 Å². The second-order valence-electron chi connectivity index (χ2n) is 9.01. The van der Waals surface area contributed by atoms with Gasteiger partial charge in [-0.2, -0.15) is 0 Å². The number of hydrogen-bond donors (Lipinski definition) is 2. The number of halogens is 1. The number of carbonyl (C=O) groups is 2. The molecular formula is C20H28BrN3O2. The lowest BCUT2D eigenvalue weighted by molar-refractivity contribution is -0.133. The minimum Gasteiger partial charge on any atom is -0.337 e. The zero-order valence-electron chi connectivity index (χ0n) is 15.9. The maximum absolute atomic E-state index is 13.0. The molecule has 1 aromatic rings. The van der Waals surface area contributed by atoms with Crippen LogP contribution in [0, 0.1) is 10.8 Å². The number of anilines is 1. The molecule has 1 aromatic carbocycles. The molecule has 6 heteroatoms. The van der Waals surface area contributed by atoms with Crippen LogP contribution in [0.1, 0.15) is 47.0 Å². The van der Waals surface area contributed by atoms with Gasteiger partial charge in [-0.1, -0.05) is 42.8 Å². The highest BCUT2D eigenvalue weighted by Crippen LogP contribution is 2.52. The molecule has 3 unspecified atom stereocenters. The maximum Gasteiger partial charge on any atom is 0.319 e. The van der Waals surface area contributed by atoms with Crippen molar-refractivity contribution in [2.75, 3.05) is 11.9 Å². The lowest BCUT2D eigenvalue weighted by Crippen LogP contribution is -2.49. The van der Waals surface area contributed by atoms with E-state index in [1.54, 1.807) is 6.92 Å². The van der Waals surface area contributed by atoms with E-state index in [1.807, 2.05) is 29.2 Å². The number of likely N-dealkylation sites (tertiary alicyclic amines) is 1. The van der Waals surface area contributed by atoms with E-state index in [-0.39, 0.29) is 28.8 Å². The number of carbonyl (C=O) groups excluding carboxylic acids is 2. The molecule has 1 saturated carbocycles. The summed E-state index contributed by atoms with van der Waals surface area (Å²) >= 11 is 3.38. The van der Waals surface area contributed by atoms with Crippen molar-refractivity contribution in [3.8, 4) is 0 Å². The average molecular weight is 422 g/mol. The monoisotopic (exact) mass is 421 g/mol. The number of rotatable bonds is 3. The van der Waals surface area contributed by atoms with E-state index in [0.29, 0.717) is 5.69 Å². The normalized spacial score (nSPS) is 27.7. The molecule has 0 radical (unpaired) electrons. The second-order valence-corrected chi connectivity index (χ2v) is 9.93. The van der Waals surface area contributed by atoms with Gasteiger partial charge in [-0.25, -0.2) is 4.79 Å². The Labute approximate surface area is 164 Å². The summed E-state index contributed by atoms with van der Waals surface area (Å²) in [6.45, 7) is 9.42. The Bertz CT molecular complexity index is 721. The van der Waals surface area contributed by atoms with E-state index in [1.165, 1.54) is 0 Å². The predicted molar refractivity (Wildman–Crippen MR) is 107 cm³/mol. The highest BCUT2D eigenvalue weighted by atomic mass is 79.9. The van der Waals surface area contributed by atoms with E-state index >= 15 is 0 Å². The summed E-state index contributed by atoms with van der Waals surface area (Å²) in [5.41, 5.74) is 1.14. The first-order valence-electron chi connectivity index (χ1n) is 9.21. The minimum atomic E-state index is -0.548. The van der Waals surface area contributed by atoms with Crippen molar-refractivity contribution in [2.24, 2.45) is 10.8 Å². The van der Waals surface area contributed by atoms with E-state index < -0.39 is 6.04 Å². The van der Waals surface area contributed by atoms with Crippen LogP contribution in [-0.4, -0.2) is 35.5 Å². The molecule has 1 heterocycles. The largest absolute Gasteiger partial charge is 0.337 e. The van der Waals surface area contributed by atoms with Crippen LogP contribution in [0.25, 0.3) is 0 Å². The van der Waals surface area contributed by atoms with Gasteiger partial charge in [0.25, 0.3) is 0 Å². The van der Waals surface area contributed by atoms with Crippen LogP contribution in [0.5, 0.6) is 0 Å². The third kappa shape index (κ3) is 4.22. The van der Waals surface area contributed by atoms with Gasteiger partial charge in [0, 0.05) is 22.7 Å². The Morgan fingerprint density at radius 2 is 2.00 bits per heavy atom. The van der Waals surface area contributed by atoms with Crippen molar-refractivity contribution in [2.45, 2.75) is 59.0 Å². The molecule has 2 fully saturated rings. The van der Waals surface area contributed by atoms with Crippen LogP contribution in [0.15, 0.2) is 28.7 Å². The van der Waals surface area contributed by atoms with Gasteiger partial charge in [0.05, 0.1) is 0 Å². The van der Waals surface area contributed by atoms with Crippen molar-refractivity contribution < 1.29 is 9.59 Å². The van der Waals surface area contributed by atoms with E-state index in [0.717, 1.165) is 30.3 Å². The molecule has 1 aliphatic carbocycles. The predicted octanol–water partition coefficient (Wildman–Crippen LogP) is 4.39. The maximum atomic E-state index is 13.0. The van der Waals surface area contributed by atoms with Crippen LogP contribution in [-0.2, 0) is 4.79 Å². The highest BCUT2D eigenvalue weighted by molar-refractivity contribution is 9.10. The Morgan fingerprint density at radius 3 is 2.69 bits per heavy atom. The summed E-state index contributed by atoms with van der Waals surface area (Å²) in [5.74, 6) is 0.0146. The van der Waals surface area contributed by atoms with E-state index in [4.69, 9.17) is 0 Å². The van der Waals surface area contributed by atoms with Gasteiger partial charge in [-0.3, -0.25) is 4.79 Å². The van der Waals surface area contributed by atoms with Crippen LogP contribution in [0.4, 0.5) is 10.5 Å². The summed E-state index contributed by atoms with van der Waals surface area (Å²) in [6, 6.07) is 6.74. The highest BCUT2D eigenvalue weighted by Gasteiger charge is 2.51. The number of urea groups is 1. The zero-order chi connectivity index (χ0) is 19.1. The molecule has 0 spiro atoms. The first-order valence-corrected chi connectivity index (χ1v) is 10.00. The van der Waals surface area contributed by atoms with Gasteiger partial charge >= 0.3 is 6.03 Å². The van der Waals surface area contributed by atoms with Crippen LogP contribution in [0.3, 0.4) is 0 Å². The van der Waals surface area contributed by atoms with Gasteiger partial charge < -0.3 is 15.5 Å². The van der Waals surface area contributed by atoms with E-state index in [9.17, 15) is 9.59 Å². The summed E-state index contributed by atoms with van der Waals surface area (Å²) < 4.78 is 0.889. The molecule has 1 aliphatic heterocycles. The topological polar surface area (TPSA) is 61.4 Å². The summed E-state index contributed by atoms with van der Waals surface area (Å²) in [6.07, 6.45) is 3.25. The lowest BCUT2D eigenvalue weighted by atomic mass is 9.65. The fraction of sp³-hybridized carbons (Fsp3) is 0.600. The zero-order valence-corrected chi connectivity index (χ0v) is 17.5. The molecule has 3 amide bonds. The molecule has 2 bridgehead atoms. The molecule has 2 aliphatic rings. The molecule has 26 heavy (non-hydrogen) atoms. The van der Waals surface area contributed by atoms with Gasteiger partial charge in [0.1, 0.15) is 6.04 Å². The number of hydrogen-bond acceptors (Lipinski definition) is 2. The molecule has 2 N–H and O–H groups in total. The van der Waals surface area contributed by atoms with Crippen LogP contribution >= 0.6 is 15.9 Å². The van der Waals surface area contributed by atoms with Crippen molar-refractivity contribution in [1.29, 1.82) is 0 Å². The number of benzene rings is 1. The minimum absolute atomic E-state index is 0.0146. The van der Waals surface area contributed by atoms with Gasteiger partial charge in [0.2, 0.25) is 5.91 Å². The van der Waals surface area contributed by atoms with Crippen molar-refractivity contribution in [1.82, 2.24) is 10.2 Å². The number of fused-ring (bicyclic) bond motifs is 2. The Balaban J connectivity index is 1.60. The number of nitrogens with one attached hydrogen (secondary N) is 2. The fourth-order valence-corrected chi connectivity index (χ4v) is 5.36. The summed E-state index contributed by atoms with van der Waals surface area (Å²) in [5, 5.41) is 5.56. The molecule has 3 rings (SSSR count). The van der Waals surface area contributed by atoms with Crippen LogP contribution < -0.4 is 10.6 Å². The lowest BCUT2D eigenvalue weighted by Gasteiger charge is -2.39. The molecule has 3 atom stereocenters. The van der Waals surface area contributed by atoms with E-state index in [2.05, 4.69) is 47.3 Å². The Hall–Kier alpha value is -1.56. The van der Waals surface area contributed by atoms with Gasteiger partial charge in [-0.05, 0) is 55.2 Å². The third-order valence-electron chi connectivity index (χ3n) is 5.50.